The maximum Gasteiger partial charge on any atom is 0.224 e. The molecule has 3 atom stereocenters. The lowest BCUT2D eigenvalue weighted by Crippen LogP contribution is -2.51. The molecule has 0 spiro atoms. The summed E-state index contributed by atoms with van der Waals surface area (Å²) in [5.41, 5.74) is 6.90. The molecule has 3 N–H and O–H groups in total. The summed E-state index contributed by atoms with van der Waals surface area (Å²) in [6.45, 7) is 7.55. The van der Waals surface area contributed by atoms with E-state index in [4.69, 9.17) is 5.73 Å². The second-order valence-corrected chi connectivity index (χ2v) is 6.24. The Kier molecular flexibility index (Phi) is 10.5. The Labute approximate surface area is 152 Å². The zero-order chi connectivity index (χ0) is 15.2. The molecule has 1 fully saturated rings. The molecule has 1 aliphatic heterocycles. The first-order valence-electron chi connectivity index (χ1n) is 7.87. The van der Waals surface area contributed by atoms with Crippen LogP contribution < -0.4 is 11.1 Å². The predicted molar refractivity (Wildman–Crippen MR) is 100 cm³/mol. The summed E-state index contributed by atoms with van der Waals surface area (Å²) < 4.78 is 0. The van der Waals surface area contributed by atoms with Gasteiger partial charge in [0.15, 0.2) is 0 Å². The van der Waals surface area contributed by atoms with Gasteiger partial charge >= 0.3 is 0 Å². The van der Waals surface area contributed by atoms with Gasteiger partial charge in [-0.05, 0) is 17.9 Å². The van der Waals surface area contributed by atoms with Crippen LogP contribution in [0.3, 0.4) is 0 Å². The number of amides is 1. The number of nitrogens with two attached hydrogens (primary N) is 1. The zero-order valence-corrected chi connectivity index (χ0v) is 15.5. The van der Waals surface area contributed by atoms with E-state index in [0.717, 1.165) is 26.1 Å². The number of piperidine rings is 1. The van der Waals surface area contributed by atoms with Crippen molar-refractivity contribution in [3.63, 3.8) is 0 Å². The summed E-state index contributed by atoms with van der Waals surface area (Å²) in [4.78, 5) is 14.4. The van der Waals surface area contributed by atoms with E-state index in [1.807, 2.05) is 13.0 Å². The molecule has 0 bridgehead atoms. The third-order valence-electron chi connectivity index (χ3n) is 4.37. The van der Waals surface area contributed by atoms with Gasteiger partial charge in [-0.1, -0.05) is 44.2 Å². The number of carbonyl (C=O) groups excluding carboxylic acids is 1. The van der Waals surface area contributed by atoms with Crippen LogP contribution in [0.5, 0.6) is 0 Å². The van der Waals surface area contributed by atoms with Gasteiger partial charge in [0.2, 0.25) is 5.91 Å². The van der Waals surface area contributed by atoms with Gasteiger partial charge in [-0.15, -0.1) is 24.8 Å². The van der Waals surface area contributed by atoms with E-state index in [-0.39, 0.29) is 42.7 Å². The fraction of sp³-hybridized carbons (Fsp3) is 0.588. The highest BCUT2D eigenvalue weighted by Crippen LogP contribution is 2.19. The lowest BCUT2D eigenvalue weighted by atomic mass is 9.93. The minimum absolute atomic E-state index is 0. The minimum atomic E-state index is -0.0976. The highest BCUT2D eigenvalue weighted by Gasteiger charge is 2.28. The fourth-order valence-corrected chi connectivity index (χ4v) is 2.86. The molecule has 0 aliphatic carbocycles. The normalized spacial score (nSPS) is 22.4. The van der Waals surface area contributed by atoms with Gasteiger partial charge in [0.25, 0.3) is 0 Å². The second-order valence-electron chi connectivity index (χ2n) is 6.24. The zero-order valence-electron chi connectivity index (χ0n) is 13.9. The number of hydrogen-bond acceptors (Lipinski definition) is 3. The van der Waals surface area contributed by atoms with Crippen molar-refractivity contribution >= 4 is 30.7 Å². The standard InChI is InChI=1S/C17H27N3O.2ClH/c1-13(10-18)17(21)19-16-8-9-20(11-14(16)2)12-15-6-4-3-5-7-15;;/h3-7,13-14,16H,8-12,18H2,1-2H3,(H,19,21);2*1H. The van der Waals surface area contributed by atoms with Crippen molar-refractivity contribution in [1.29, 1.82) is 0 Å². The van der Waals surface area contributed by atoms with Gasteiger partial charge in [0.05, 0.1) is 0 Å². The maximum atomic E-state index is 12.0. The van der Waals surface area contributed by atoms with Crippen LogP contribution in [0.2, 0.25) is 0 Å². The third-order valence-corrected chi connectivity index (χ3v) is 4.37. The average molecular weight is 362 g/mol. The van der Waals surface area contributed by atoms with E-state index >= 15 is 0 Å². The summed E-state index contributed by atoms with van der Waals surface area (Å²) in [5, 5.41) is 3.16. The minimum Gasteiger partial charge on any atom is -0.353 e. The number of hydrogen-bond donors (Lipinski definition) is 2. The Morgan fingerprint density at radius 3 is 2.57 bits per heavy atom. The second kappa shape index (κ2) is 10.9. The molecule has 23 heavy (non-hydrogen) atoms. The smallest absolute Gasteiger partial charge is 0.224 e. The van der Waals surface area contributed by atoms with Crippen LogP contribution >= 0.6 is 24.8 Å². The SMILES string of the molecule is CC(CN)C(=O)NC1CCN(Cc2ccccc2)CC1C.Cl.Cl. The van der Waals surface area contributed by atoms with E-state index < -0.39 is 0 Å². The van der Waals surface area contributed by atoms with E-state index in [0.29, 0.717) is 12.5 Å². The molecule has 1 aromatic rings. The molecule has 6 heteroatoms. The highest BCUT2D eigenvalue weighted by molar-refractivity contribution is 5.85. The largest absolute Gasteiger partial charge is 0.353 e. The Bertz CT molecular complexity index is 458. The van der Waals surface area contributed by atoms with Gasteiger partial charge in [-0.2, -0.15) is 0 Å². The number of rotatable bonds is 5. The van der Waals surface area contributed by atoms with Crippen LogP contribution in [0.1, 0.15) is 25.8 Å². The summed E-state index contributed by atoms with van der Waals surface area (Å²) in [7, 11) is 0. The van der Waals surface area contributed by atoms with Crippen LogP contribution in [0.15, 0.2) is 30.3 Å². The summed E-state index contributed by atoms with van der Waals surface area (Å²) >= 11 is 0. The molecular formula is C17H29Cl2N3O. The molecule has 1 amide bonds. The number of nitrogens with zero attached hydrogens (tertiary/aromatic N) is 1. The first-order chi connectivity index (χ1) is 10.1. The van der Waals surface area contributed by atoms with Crippen molar-refractivity contribution < 1.29 is 4.79 Å². The first-order valence-corrected chi connectivity index (χ1v) is 7.87. The van der Waals surface area contributed by atoms with Crippen LogP contribution in [-0.4, -0.2) is 36.5 Å². The van der Waals surface area contributed by atoms with Gasteiger partial charge < -0.3 is 11.1 Å². The lowest BCUT2D eigenvalue weighted by Gasteiger charge is -2.37. The Morgan fingerprint density at radius 1 is 1.35 bits per heavy atom. The molecule has 0 saturated carbocycles. The lowest BCUT2D eigenvalue weighted by molar-refractivity contribution is -0.125. The number of halogens is 2. The quantitative estimate of drug-likeness (QED) is 0.846. The molecule has 3 unspecified atom stereocenters. The topological polar surface area (TPSA) is 58.4 Å². The van der Waals surface area contributed by atoms with Crippen molar-refractivity contribution in [3.05, 3.63) is 35.9 Å². The van der Waals surface area contributed by atoms with Crippen LogP contribution in [-0.2, 0) is 11.3 Å². The van der Waals surface area contributed by atoms with Crippen molar-refractivity contribution in [3.8, 4) is 0 Å². The Hall–Kier alpha value is -0.810. The van der Waals surface area contributed by atoms with Crippen LogP contribution in [0, 0.1) is 11.8 Å². The first kappa shape index (κ1) is 22.2. The molecule has 132 valence electrons. The van der Waals surface area contributed by atoms with Crippen LogP contribution in [0.4, 0.5) is 0 Å². The number of likely N-dealkylation sites (tertiary alicyclic amines) is 1. The van der Waals surface area contributed by atoms with E-state index in [2.05, 4.69) is 41.4 Å². The van der Waals surface area contributed by atoms with Crippen molar-refractivity contribution in [2.24, 2.45) is 17.6 Å². The molecule has 4 nitrogen and oxygen atoms in total. The fourth-order valence-electron chi connectivity index (χ4n) is 2.86. The molecule has 1 heterocycles. The van der Waals surface area contributed by atoms with Gasteiger partial charge in [0, 0.05) is 38.1 Å². The predicted octanol–water partition coefficient (Wildman–Crippen LogP) is 2.45. The molecule has 0 radical (unpaired) electrons. The van der Waals surface area contributed by atoms with Gasteiger partial charge in [0.1, 0.15) is 0 Å². The summed E-state index contributed by atoms with van der Waals surface area (Å²) in [6.07, 6.45) is 1.01. The Balaban J connectivity index is 0.00000242. The van der Waals surface area contributed by atoms with Gasteiger partial charge in [-0.25, -0.2) is 0 Å². The van der Waals surface area contributed by atoms with Crippen molar-refractivity contribution in [2.45, 2.75) is 32.9 Å². The Morgan fingerprint density at radius 2 is 2.00 bits per heavy atom. The molecule has 1 aromatic carbocycles. The number of nitrogens with one attached hydrogen (secondary N) is 1. The molecule has 1 saturated heterocycles. The van der Waals surface area contributed by atoms with E-state index in [9.17, 15) is 4.79 Å². The van der Waals surface area contributed by atoms with E-state index in [1.54, 1.807) is 0 Å². The summed E-state index contributed by atoms with van der Waals surface area (Å²) in [5.74, 6) is 0.460. The number of carbonyl (C=O) groups is 1. The number of benzene rings is 1. The molecule has 1 aliphatic rings. The molecular weight excluding hydrogens is 333 g/mol. The maximum absolute atomic E-state index is 12.0. The third kappa shape index (κ3) is 6.68. The van der Waals surface area contributed by atoms with Crippen molar-refractivity contribution in [1.82, 2.24) is 10.2 Å². The van der Waals surface area contributed by atoms with Crippen LogP contribution in [0.25, 0.3) is 0 Å². The monoisotopic (exact) mass is 361 g/mol. The average Bonchev–Trinajstić information content (AvgIpc) is 2.50. The summed E-state index contributed by atoms with van der Waals surface area (Å²) in [6, 6.07) is 10.8. The van der Waals surface area contributed by atoms with E-state index in [1.165, 1.54) is 5.56 Å². The molecule has 0 aromatic heterocycles. The van der Waals surface area contributed by atoms with Gasteiger partial charge in [-0.3, -0.25) is 9.69 Å². The molecule has 2 rings (SSSR count). The highest BCUT2D eigenvalue weighted by atomic mass is 35.5. The van der Waals surface area contributed by atoms with Crippen molar-refractivity contribution in [2.75, 3.05) is 19.6 Å².